The molecule has 0 saturated heterocycles. The van der Waals surface area contributed by atoms with Crippen molar-refractivity contribution in [2.75, 3.05) is 11.5 Å². The zero-order valence-electron chi connectivity index (χ0n) is 12.8. The van der Waals surface area contributed by atoms with Crippen LogP contribution in [0.5, 0.6) is 0 Å². The number of hydrogen-bond acceptors (Lipinski definition) is 3. The first-order chi connectivity index (χ1) is 10.7. The molecule has 0 aliphatic carbocycles. The molecule has 0 spiro atoms. The number of pyridine rings is 1. The number of fused-ring (bicyclic) bond motifs is 3. The van der Waals surface area contributed by atoms with Crippen molar-refractivity contribution in [2.24, 2.45) is 0 Å². The lowest BCUT2D eigenvalue weighted by molar-refractivity contribution is 0.863. The van der Waals surface area contributed by atoms with E-state index in [-0.39, 0.29) is 24.8 Å². The predicted molar refractivity (Wildman–Crippen MR) is 106 cm³/mol. The van der Waals surface area contributed by atoms with Crippen LogP contribution in [0.15, 0.2) is 60.9 Å². The highest BCUT2D eigenvalue weighted by Crippen LogP contribution is 2.32. The van der Waals surface area contributed by atoms with Crippen molar-refractivity contribution in [3.8, 4) is 0 Å². The van der Waals surface area contributed by atoms with Gasteiger partial charge in [0.05, 0.1) is 11.0 Å². The van der Waals surface area contributed by atoms with Gasteiger partial charge in [-0.05, 0) is 35.9 Å². The van der Waals surface area contributed by atoms with Crippen molar-refractivity contribution in [1.29, 1.82) is 0 Å². The van der Waals surface area contributed by atoms with Crippen LogP contribution in [0.3, 0.4) is 0 Å². The zero-order chi connectivity index (χ0) is 15.1. The summed E-state index contributed by atoms with van der Waals surface area (Å²) in [5.74, 6) is 0. The fraction of sp³-hybridized carbons (Fsp3) is 0.0556. The van der Waals surface area contributed by atoms with Crippen LogP contribution < -0.4 is 11.5 Å². The molecular weight excluding hydrogens is 343 g/mol. The minimum atomic E-state index is 0. The van der Waals surface area contributed by atoms with Gasteiger partial charge in [0, 0.05) is 41.1 Å². The average Bonchev–Trinajstić information content (AvgIpc) is 2.81. The van der Waals surface area contributed by atoms with Crippen molar-refractivity contribution in [3.05, 3.63) is 66.5 Å². The van der Waals surface area contributed by atoms with Crippen molar-refractivity contribution < 1.29 is 0 Å². The second kappa shape index (κ2) is 6.99. The van der Waals surface area contributed by atoms with Crippen LogP contribution in [0.25, 0.3) is 21.8 Å². The molecular formula is C18H18Cl2N4. The van der Waals surface area contributed by atoms with Crippen LogP contribution in [-0.4, -0.2) is 9.55 Å². The van der Waals surface area contributed by atoms with E-state index < -0.39 is 0 Å². The third-order valence-corrected chi connectivity index (χ3v) is 3.98. The average molecular weight is 361 g/mol. The fourth-order valence-corrected chi connectivity index (χ4v) is 2.97. The van der Waals surface area contributed by atoms with E-state index in [1.54, 1.807) is 6.20 Å². The molecule has 0 atom stereocenters. The Kier molecular flexibility index (Phi) is 5.22. The second-order valence-corrected chi connectivity index (χ2v) is 5.50. The normalized spacial score (nSPS) is 10.3. The summed E-state index contributed by atoms with van der Waals surface area (Å²) in [6.45, 7) is 0.737. The minimum absolute atomic E-state index is 0. The number of hydrogen-bond donors (Lipinski definition) is 2. The number of nitrogens with zero attached hydrogens (tertiary/aromatic N) is 2. The predicted octanol–water partition coefficient (Wildman–Crippen LogP) is 4.25. The van der Waals surface area contributed by atoms with Gasteiger partial charge in [0.25, 0.3) is 0 Å². The summed E-state index contributed by atoms with van der Waals surface area (Å²) in [6, 6.07) is 16.1. The molecule has 0 saturated carbocycles. The fourth-order valence-electron chi connectivity index (χ4n) is 2.97. The van der Waals surface area contributed by atoms with Crippen molar-refractivity contribution in [1.82, 2.24) is 9.55 Å². The van der Waals surface area contributed by atoms with Gasteiger partial charge in [0.1, 0.15) is 0 Å². The van der Waals surface area contributed by atoms with E-state index in [1.807, 2.05) is 36.5 Å². The molecule has 0 bridgehead atoms. The standard InChI is InChI=1S/C18H16N4.2ClH/c19-13-3-5-15-16-6-4-14(20)9-18(16)22(17(15)8-13)11-12-2-1-7-21-10-12;;/h1-10H,11,19-20H2;2*1H. The summed E-state index contributed by atoms with van der Waals surface area (Å²) in [5.41, 5.74) is 16.9. The first-order valence-electron chi connectivity index (χ1n) is 7.18. The molecule has 0 aliphatic heterocycles. The van der Waals surface area contributed by atoms with E-state index in [0.29, 0.717) is 0 Å². The Morgan fingerprint density at radius 2 is 1.42 bits per heavy atom. The van der Waals surface area contributed by atoms with Gasteiger partial charge in [0.2, 0.25) is 0 Å². The van der Waals surface area contributed by atoms with E-state index in [4.69, 9.17) is 11.5 Å². The van der Waals surface area contributed by atoms with Crippen LogP contribution in [0.1, 0.15) is 5.56 Å². The molecule has 0 aliphatic rings. The van der Waals surface area contributed by atoms with Gasteiger partial charge in [-0.25, -0.2) is 0 Å². The third-order valence-electron chi connectivity index (χ3n) is 3.98. The molecule has 0 radical (unpaired) electrons. The molecule has 24 heavy (non-hydrogen) atoms. The van der Waals surface area contributed by atoms with Gasteiger partial charge in [0.15, 0.2) is 0 Å². The van der Waals surface area contributed by atoms with E-state index in [0.717, 1.165) is 34.5 Å². The lowest BCUT2D eigenvalue weighted by Crippen LogP contribution is -2.00. The first-order valence-corrected chi connectivity index (χ1v) is 7.18. The SMILES string of the molecule is Cl.Cl.Nc1ccc2c3ccc(N)cc3n(Cc3cccnc3)c2c1. The van der Waals surface area contributed by atoms with Gasteiger partial charge < -0.3 is 16.0 Å². The van der Waals surface area contributed by atoms with Gasteiger partial charge in [-0.2, -0.15) is 0 Å². The minimum Gasteiger partial charge on any atom is -0.399 e. The maximum atomic E-state index is 5.99. The number of nitrogens with two attached hydrogens (primary N) is 2. The molecule has 2 aromatic heterocycles. The molecule has 0 amide bonds. The maximum Gasteiger partial charge on any atom is 0.0515 e. The highest BCUT2D eigenvalue weighted by Gasteiger charge is 2.11. The summed E-state index contributed by atoms with van der Waals surface area (Å²) < 4.78 is 2.24. The van der Waals surface area contributed by atoms with Gasteiger partial charge in [-0.1, -0.05) is 18.2 Å². The Morgan fingerprint density at radius 1 is 0.833 bits per heavy atom. The monoisotopic (exact) mass is 360 g/mol. The molecule has 4 rings (SSSR count). The van der Waals surface area contributed by atoms with Crippen molar-refractivity contribution in [2.45, 2.75) is 6.54 Å². The molecule has 4 aromatic rings. The van der Waals surface area contributed by atoms with Crippen LogP contribution in [0.4, 0.5) is 11.4 Å². The third kappa shape index (κ3) is 2.98. The number of nitrogen functional groups attached to an aromatic ring is 2. The summed E-state index contributed by atoms with van der Waals surface area (Å²) in [6.07, 6.45) is 3.67. The summed E-state index contributed by atoms with van der Waals surface area (Å²) in [4.78, 5) is 4.20. The number of anilines is 2. The number of benzene rings is 2. The largest absolute Gasteiger partial charge is 0.399 e. The van der Waals surface area contributed by atoms with E-state index in [9.17, 15) is 0 Å². The van der Waals surface area contributed by atoms with E-state index in [1.165, 1.54) is 10.8 Å². The number of aromatic nitrogens is 2. The van der Waals surface area contributed by atoms with Gasteiger partial charge in [-0.3, -0.25) is 4.98 Å². The highest BCUT2D eigenvalue weighted by atomic mass is 35.5. The molecule has 0 unspecified atom stereocenters. The summed E-state index contributed by atoms with van der Waals surface area (Å²) >= 11 is 0. The first kappa shape index (κ1) is 17.9. The van der Waals surface area contributed by atoms with Crippen LogP contribution in [0, 0.1) is 0 Å². The lowest BCUT2D eigenvalue weighted by atomic mass is 10.1. The Morgan fingerprint density at radius 3 is 1.92 bits per heavy atom. The molecule has 0 fully saturated rings. The number of rotatable bonds is 2. The van der Waals surface area contributed by atoms with E-state index >= 15 is 0 Å². The molecule has 4 nitrogen and oxygen atoms in total. The Hall–Kier alpha value is -2.43. The van der Waals surface area contributed by atoms with Crippen molar-refractivity contribution >= 4 is 58.0 Å². The van der Waals surface area contributed by atoms with Crippen LogP contribution >= 0.6 is 24.8 Å². The topological polar surface area (TPSA) is 69.9 Å². The quantitative estimate of drug-likeness (QED) is 0.525. The second-order valence-electron chi connectivity index (χ2n) is 5.50. The molecule has 4 N–H and O–H groups in total. The molecule has 124 valence electrons. The molecule has 6 heteroatoms. The Bertz CT molecular complexity index is 921. The maximum absolute atomic E-state index is 5.99. The van der Waals surface area contributed by atoms with Crippen LogP contribution in [0.2, 0.25) is 0 Å². The van der Waals surface area contributed by atoms with Gasteiger partial charge >= 0.3 is 0 Å². The Labute approximate surface area is 152 Å². The van der Waals surface area contributed by atoms with Gasteiger partial charge in [-0.15, -0.1) is 24.8 Å². The molecule has 2 aromatic carbocycles. The Balaban J connectivity index is 0.00000104. The smallest absolute Gasteiger partial charge is 0.0515 e. The summed E-state index contributed by atoms with van der Waals surface area (Å²) in [7, 11) is 0. The van der Waals surface area contributed by atoms with Crippen LogP contribution in [-0.2, 0) is 6.54 Å². The molecule has 2 heterocycles. The zero-order valence-corrected chi connectivity index (χ0v) is 14.5. The van der Waals surface area contributed by atoms with E-state index in [2.05, 4.69) is 27.8 Å². The van der Waals surface area contributed by atoms with Crippen molar-refractivity contribution in [3.63, 3.8) is 0 Å². The highest BCUT2D eigenvalue weighted by molar-refractivity contribution is 6.09. The number of halogens is 2. The summed E-state index contributed by atoms with van der Waals surface area (Å²) in [5, 5.41) is 2.38. The lowest BCUT2D eigenvalue weighted by Gasteiger charge is -2.08.